The number of hydrogen-bond acceptors (Lipinski definition) is 1. The number of nitrogens with zero attached hydrogens (tertiary/aromatic N) is 2. The molecule has 1 heterocycles. The van der Waals surface area contributed by atoms with Crippen molar-refractivity contribution in [2.75, 3.05) is 19.8 Å². The molecule has 1 amide bonds. The van der Waals surface area contributed by atoms with Crippen LogP contribution in [0.25, 0.3) is 10.9 Å². The van der Waals surface area contributed by atoms with Crippen molar-refractivity contribution in [1.29, 1.82) is 0 Å². The smallest absolute Gasteiger partial charge is 0.230 e. The minimum atomic E-state index is -0.370. The van der Waals surface area contributed by atoms with Crippen molar-refractivity contribution in [1.82, 2.24) is 9.47 Å². The second kappa shape index (κ2) is 12.3. The summed E-state index contributed by atoms with van der Waals surface area (Å²) in [7, 11) is 0. The first-order valence-corrected chi connectivity index (χ1v) is 12.7. The number of carbonyl (C=O) groups is 1. The van der Waals surface area contributed by atoms with Crippen LogP contribution in [-0.2, 0) is 17.8 Å². The first-order chi connectivity index (χ1) is 15.2. The summed E-state index contributed by atoms with van der Waals surface area (Å²) in [6.45, 7) is 6.22. The van der Waals surface area contributed by atoms with Crippen molar-refractivity contribution in [3.63, 3.8) is 0 Å². The number of rotatable bonds is 13. The van der Waals surface area contributed by atoms with Gasteiger partial charge in [-0.3, -0.25) is 4.79 Å². The maximum absolute atomic E-state index is 13.8. The third-order valence-corrected chi connectivity index (χ3v) is 6.86. The number of benzene rings is 1. The molecule has 2 aromatic rings. The first kappa shape index (κ1) is 23.8. The van der Waals surface area contributed by atoms with E-state index in [0.29, 0.717) is 12.5 Å². The summed E-state index contributed by atoms with van der Waals surface area (Å²) in [5.74, 6) is 0.226. The Hall–Kier alpha value is -1.84. The first-order valence-electron chi connectivity index (χ1n) is 12.7. The number of unbranched alkanes of at least 4 members (excludes halogenated alkanes) is 6. The zero-order valence-electron chi connectivity index (χ0n) is 19.7. The second-order valence-electron chi connectivity index (χ2n) is 9.11. The Balaban J connectivity index is 1.86. The van der Waals surface area contributed by atoms with E-state index in [1.807, 2.05) is 12.1 Å². The summed E-state index contributed by atoms with van der Waals surface area (Å²) in [4.78, 5) is 16.0. The molecule has 0 bridgehead atoms. The predicted octanol–water partition coefficient (Wildman–Crippen LogP) is 7.02. The van der Waals surface area contributed by atoms with Gasteiger partial charge in [-0.25, -0.2) is 4.39 Å². The number of aromatic nitrogens is 1. The van der Waals surface area contributed by atoms with E-state index in [0.717, 1.165) is 56.1 Å². The average molecular weight is 428 g/mol. The average Bonchev–Trinajstić information content (AvgIpc) is 3.12. The van der Waals surface area contributed by atoms with Crippen LogP contribution >= 0.6 is 0 Å². The van der Waals surface area contributed by atoms with Crippen molar-refractivity contribution < 1.29 is 9.18 Å². The van der Waals surface area contributed by atoms with E-state index in [4.69, 9.17) is 0 Å². The van der Waals surface area contributed by atoms with E-state index in [1.54, 1.807) is 0 Å². The maximum Gasteiger partial charge on any atom is 0.230 e. The fourth-order valence-corrected chi connectivity index (χ4v) is 5.26. The Morgan fingerprint density at radius 3 is 2.35 bits per heavy atom. The highest BCUT2D eigenvalue weighted by molar-refractivity contribution is 5.94. The van der Waals surface area contributed by atoms with Crippen LogP contribution in [0.5, 0.6) is 0 Å². The molecule has 1 unspecified atom stereocenters. The van der Waals surface area contributed by atoms with Crippen LogP contribution in [0.4, 0.5) is 4.39 Å². The summed E-state index contributed by atoms with van der Waals surface area (Å²) < 4.78 is 15.5. The van der Waals surface area contributed by atoms with Gasteiger partial charge < -0.3 is 9.47 Å². The SMILES string of the molecule is CCCCCCN(CCCCCC)C(=O)C1CCCc2c1c1ccccc1n2CC[18F]. The van der Waals surface area contributed by atoms with Gasteiger partial charge in [-0.2, -0.15) is 0 Å². The summed E-state index contributed by atoms with van der Waals surface area (Å²) in [5, 5.41) is 1.15. The van der Waals surface area contributed by atoms with Crippen LogP contribution in [0.15, 0.2) is 24.3 Å². The van der Waals surface area contributed by atoms with Crippen LogP contribution in [0.2, 0.25) is 0 Å². The van der Waals surface area contributed by atoms with Crippen molar-refractivity contribution >= 4 is 16.8 Å². The Kier molecular flexibility index (Phi) is 9.42. The monoisotopic (exact) mass is 427 g/mol. The molecule has 1 aromatic carbocycles. The molecule has 3 rings (SSSR count). The molecule has 0 N–H and O–H groups in total. The lowest BCUT2D eigenvalue weighted by Gasteiger charge is -2.30. The third kappa shape index (κ3) is 5.70. The number of hydrogen-bond donors (Lipinski definition) is 0. The van der Waals surface area contributed by atoms with E-state index in [9.17, 15) is 9.18 Å². The Morgan fingerprint density at radius 1 is 1.03 bits per heavy atom. The van der Waals surface area contributed by atoms with Crippen molar-refractivity contribution in [3.05, 3.63) is 35.5 Å². The number of fused-ring (bicyclic) bond motifs is 3. The highest BCUT2D eigenvalue weighted by Crippen LogP contribution is 2.40. The lowest BCUT2D eigenvalue weighted by Crippen LogP contribution is -2.38. The molecule has 31 heavy (non-hydrogen) atoms. The van der Waals surface area contributed by atoms with Crippen LogP contribution in [-0.4, -0.2) is 35.1 Å². The predicted molar refractivity (Wildman–Crippen MR) is 128 cm³/mol. The number of aryl methyl sites for hydroxylation is 1. The summed E-state index contributed by atoms with van der Waals surface area (Å²) >= 11 is 0. The van der Waals surface area contributed by atoms with Gasteiger partial charge in [-0.15, -0.1) is 0 Å². The minimum Gasteiger partial charge on any atom is -0.342 e. The molecule has 1 aromatic heterocycles. The summed E-state index contributed by atoms with van der Waals surface area (Å²) in [6, 6.07) is 8.28. The van der Waals surface area contributed by atoms with Gasteiger partial charge in [-0.05, 0) is 43.7 Å². The molecule has 0 spiro atoms. The van der Waals surface area contributed by atoms with E-state index >= 15 is 0 Å². The molecule has 4 heteroatoms. The molecule has 1 aliphatic carbocycles. The van der Waals surface area contributed by atoms with Gasteiger partial charge in [0.15, 0.2) is 0 Å². The molecule has 172 valence electrons. The minimum absolute atomic E-state index is 0.0770. The van der Waals surface area contributed by atoms with Gasteiger partial charge in [-0.1, -0.05) is 70.6 Å². The van der Waals surface area contributed by atoms with Gasteiger partial charge in [0, 0.05) is 29.7 Å². The number of amides is 1. The van der Waals surface area contributed by atoms with E-state index in [2.05, 4.69) is 35.4 Å². The second-order valence-corrected chi connectivity index (χ2v) is 9.11. The molecular formula is C27H41FN2O. The summed E-state index contributed by atoms with van der Waals surface area (Å²) in [5.41, 5.74) is 3.47. The lowest BCUT2D eigenvalue weighted by molar-refractivity contribution is -0.133. The van der Waals surface area contributed by atoms with Gasteiger partial charge in [0.1, 0.15) is 6.67 Å². The highest BCUT2D eigenvalue weighted by atomic mass is 18.2. The highest BCUT2D eigenvalue weighted by Gasteiger charge is 2.34. The molecular weight excluding hydrogens is 386 g/mol. The molecule has 1 aliphatic rings. The molecule has 0 saturated carbocycles. The molecule has 0 radical (unpaired) electrons. The fourth-order valence-electron chi connectivity index (χ4n) is 5.26. The zero-order valence-corrected chi connectivity index (χ0v) is 19.7. The van der Waals surface area contributed by atoms with Crippen molar-refractivity contribution in [2.45, 2.75) is 96.9 Å². The molecule has 0 aliphatic heterocycles. The molecule has 3 nitrogen and oxygen atoms in total. The number of carbonyl (C=O) groups excluding carboxylic acids is 1. The van der Waals surface area contributed by atoms with Gasteiger partial charge >= 0.3 is 0 Å². The maximum atomic E-state index is 13.8. The Labute approximate surface area is 188 Å². The zero-order chi connectivity index (χ0) is 22.1. The van der Waals surface area contributed by atoms with Gasteiger partial charge in [0.2, 0.25) is 5.91 Å². The van der Waals surface area contributed by atoms with Gasteiger partial charge in [0.25, 0.3) is 0 Å². The standard InChI is InChI=1S/C27H41FN2O/c1-3-5-7-11-19-29(20-12-8-6-4-2)27(31)23-15-13-17-25-26(23)22-14-9-10-16-24(22)30(25)21-18-28/h9-10,14,16,23H,3-8,11-13,15,17-21H2,1-2H3/i28-1. The quantitative estimate of drug-likeness (QED) is 0.315. The lowest BCUT2D eigenvalue weighted by atomic mass is 9.84. The topological polar surface area (TPSA) is 25.2 Å². The Morgan fingerprint density at radius 2 is 1.71 bits per heavy atom. The summed E-state index contributed by atoms with van der Waals surface area (Å²) in [6.07, 6.45) is 12.3. The van der Waals surface area contributed by atoms with Crippen LogP contribution in [0.1, 0.15) is 95.2 Å². The fraction of sp³-hybridized carbons (Fsp3) is 0.667. The van der Waals surface area contributed by atoms with E-state index in [-0.39, 0.29) is 12.6 Å². The van der Waals surface area contributed by atoms with Crippen LogP contribution in [0.3, 0.4) is 0 Å². The van der Waals surface area contributed by atoms with E-state index in [1.165, 1.54) is 49.8 Å². The van der Waals surface area contributed by atoms with E-state index < -0.39 is 0 Å². The molecule has 0 saturated heterocycles. The van der Waals surface area contributed by atoms with Crippen molar-refractivity contribution in [3.8, 4) is 0 Å². The third-order valence-electron chi connectivity index (χ3n) is 6.86. The van der Waals surface area contributed by atoms with Gasteiger partial charge in [0.05, 0.1) is 12.5 Å². The largest absolute Gasteiger partial charge is 0.342 e. The van der Waals surface area contributed by atoms with Crippen LogP contribution in [0, 0.1) is 0 Å². The number of halogens is 1. The van der Waals surface area contributed by atoms with Crippen molar-refractivity contribution in [2.24, 2.45) is 0 Å². The Bertz CT molecular complexity index is 816. The molecule has 0 fully saturated rings. The number of alkyl halides is 1. The molecule has 1 atom stereocenters. The van der Waals surface area contributed by atoms with Crippen LogP contribution < -0.4 is 0 Å². The normalized spacial score (nSPS) is 15.9. The number of para-hydroxylation sites is 1.